The van der Waals surface area contributed by atoms with Crippen LogP contribution >= 0.6 is 0 Å². The molecule has 0 spiro atoms. The lowest BCUT2D eigenvalue weighted by Crippen LogP contribution is -2.22. The molecule has 1 aliphatic rings. The number of ether oxygens (including phenoxy) is 1. The zero-order chi connectivity index (χ0) is 14.8. The van der Waals surface area contributed by atoms with Crippen LogP contribution in [0.4, 0.5) is 0 Å². The number of nitrogens with one attached hydrogen (secondary N) is 1. The highest BCUT2D eigenvalue weighted by molar-refractivity contribution is 5.41. The van der Waals surface area contributed by atoms with Gasteiger partial charge in [0.25, 0.3) is 0 Å². The molecule has 3 rings (SSSR count). The molecule has 1 N–H and O–H groups in total. The van der Waals surface area contributed by atoms with Crippen molar-refractivity contribution in [1.82, 2.24) is 5.32 Å². The largest absolute Gasteiger partial charge is 0.372 e. The first-order valence-electron chi connectivity index (χ1n) is 7.68. The number of aryl methyl sites for hydroxylation is 2. The van der Waals surface area contributed by atoms with E-state index in [9.17, 15) is 0 Å². The second-order valence-corrected chi connectivity index (χ2v) is 5.93. The van der Waals surface area contributed by atoms with E-state index >= 15 is 0 Å². The minimum Gasteiger partial charge on any atom is -0.372 e. The lowest BCUT2D eigenvalue weighted by Gasteiger charge is -2.21. The number of hydrogen-bond acceptors (Lipinski definition) is 2. The van der Waals surface area contributed by atoms with Crippen LogP contribution < -0.4 is 5.32 Å². The highest BCUT2D eigenvalue weighted by Gasteiger charge is 2.17. The van der Waals surface area contributed by atoms with E-state index in [1.54, 1.807) is 0 Å². The van der Waals surface area contributed by atoms with Gasteiger partial charge in [-0.25, -0.2) is 0 Å². The molecular weight excluding hydrogens is 258 g/mol. The summed E-state index contributed by atoms with van der Waals surface area (Å²) in [5, 5.41) is 3.62. The van der Waals surface area contributed by atoms with Crippen molar-refractivity contribution in [2.45, 2.75) is 40.0 Å². The van der Waals surface area contributed by atoms with Crippen LogP contribution in [0.15, 0.2) is 36.4 Å². The van der Waals surface area contributed by atoms with Crippen molar-refractivity contribution in [1.29, 1.82) is 0 Å². The second-order valence-electron chi connectivity index (χ2n) is 5.93. The van der Waals surface area contributed by atoms with Crippen molar-refractivity contribution >= 4 is 0 Å². The molecule has 2 aromatic carbocycles. The van der Waals surface area contributed by atoms with E-state index in [0.717, 1.165) is 19.8 Å². The lowest BCUT2D eigenvalue weighted by molar-refractivity contribution is 0.134. The van der Waals surface area contributed by atoms with Crippen molar-refractivity contribution in [2.75, 3.05) is 6.54 Å². The fourth-order valence-electron chi connectivity index (χ4n) is 3.18. The van der Waals surface area contributed by atoms with Crippen LogP contribution in [0.2, 0.25) is 0 Å². The Kier molecular flexibility index (Phi) is 4.09. The fourth-order valence-corrected chi connectivity index (χ4v) is 3.18. The number of rotatable bonds is 4. The maximum Gasteiger partial charge on any atom is 0.0725 e. The number of benzene rings is 2. The number of hydrogen-bond donors (Lipinski definition) is 1. The minimum atomic E-state index is 0.250. The van der Waals surface area contributed by atoms with Crippen LogP contribution in [0.3, 0.4) is 0 Å². The van der Waals surface area contributed by atoms with Gasteiger partial charge in [-0.3, -0.25) is 0 Å². The molecule has 0 radical (unpaired) electrons. The Morgan fingerprint density at radius 2 is 1.67 bits per heavy atom. The summed E-state index contributed by atoms with van der Waals surface area (Å²) >= 11 is 0. The topological polar surface area (TPSA) is 21.3 Å². The Hall–Kier alpha value is -1.64. The molecule has 1 atom stereocenters. The Morgan fingerprint density at radius 1 is 0.952 bits per heavy atom. The summed E-state index contributed by atoms with van der Waals surface area (Å²) in [5.74, 6) is 0. The van der Waals surface area contributed by atoms with Gasteiger partial charge in [0.1, 0.15) is 0 Å². The Morgan fingerprint density at radius 3 is 2.38 bits per heavy atom. The molecule has 0 saturated carbocycles. The van der Waals surface area contributed by atoms with Gasteiger partial charge >= 0.3 is 0 Å². The Balaban J connectivity index is 2.01. The number of fused-ring (bicyclic) bond motifs is 1. The molecule has 0 fully saturated rings. The molecule has 110 valence electrons. The van der Waals surface area contributed by atoms with E-state index in [0.29, 0.717) is 0 Å². The zero-order valence-corrected chi connectivity index (χ0v) is 13.1. The molecule has 21 heavy (non-hydrogen) atoms. The fraction of sp³-hybridized carbons (Fsp3) is 0.368. The summed E-state index contributed by atoms with van der Waals surface area (Å²) in [6.45, 7) is 8.93. The minimum absolute atomic E-state index is 0.250. The first kappa shape index (κ1) is 14.3. The lowest BCUT2D eigenvalue weighted by atomic mass is 9.93. The first-order valence-corrected chi connectivity index (χ1v) is 7.68. The quantitative estimate of drug-likeness (QED) is 0.913. The molecule has 0 saturated heterocycles. The van der Waals surface area contributed by atoms with Crippen molar-refractivity contribution in [3.63, 3.8) is 0 Å². The van der Waals surface area contributed by atoms with Crippen molar-refractivity contribution in [2.24, 2.45) is 0 Å². The van der Waals surface area contributed by atoms with Crippen LogP contribution in [-0.4, -0.2) is 6.54 Å². The third kappa shape index (κ3) is 3.02. The standard InChI is InChI=1S/C19H23NO/c1-4-20-19(17-8-13(2)7-14(3)9-17)15-5-6-16-11-21-12-18(16)10-15/h5-10,19-20H,4,11-12H2,1-3H3. The summed E-state index contributed by atoms with van der Waals surface area (Å²) in [5.41, 5.74) is 7.96. The normalized spacial score (nSPS) is 15.0. The Labute approximate surface area is 127 Å². The van der Waals surface area contributed by atoms with E-state index in [2.05, 4.69) is 62.5 Å². The molecule has 0 aromatic heterocycles. The van der Waals surface area contributed by atoms with Gasteiger partial charge in [0.15, 0.2) is 0 Å². The predicted molar refractivity (Wildman–Crippen MR) is 86.4 cm³/mol. The third-order valence-corrected chi connectivity index (χ3v) is 4.06. The molecule has 0 bridgehead atoms. The first-order chi connectivity index (χ1) is 10.2. The van der Waals surface area contributed by atoms with Crippen LogP contribution in [-0.2, 0) is 18.0 Å². The monoisotopic (exact) mass is 281 g/mol. The molecule has 0 amide bonds. The van der Waals surface area contributed by atoms with Gasteiger partial charge < -0.3 is 10.1 Å². The maximum absolute atomic E-state index is 5.53. The summed E-state index contributed by atoms with van der Waals surface area (Å²) in [6, 6.07) is 13.8. The average molecular weight is 281 g/mol. The Bertz CT molecular complexity index is 628. The van der Waals surface area contributed by atoms with E-state index in [1.807, 2.05) is 0 Å². The molecular formula is C19H23NO. The summed E-state index contributed by atoms with van der Waals surface area (Å²) in [6.07, 6.45) is 0. The highest BCUT2D eigenvalue weighted by atomic mass is 16.5. The van der Waals surface area contributed by atoms with E-state index in [-0.39, 0.29) is 6.04 Å². The van der Waals surface area contributed by atoms with Crippen LogP contribution in [0, 0.1) is 13.8 Å². The molecule has 2 nitrogen and oxygen atoms in total. The van der Waals surface area contributed by atoms with Crippen molar-refractivity contribution in [3.8, 4) is 0 Å². The van der Waals surface area contributed by atoms with Gasteiger partial charge in [0.2, 0.25) is 0 Å². The molecule has 1 heterocycles. The smallest absolute Gasteiger partial charge is 0.0725 e. The molecule has 0 aliphatic carbocycles. The molecule has 1 aliphatic heterocycles. The van der Waals surface area contributed by atoms with Gasteiger partial charge in [-0.2, -0.15) is 0 Å². The second kappa shape index (κ2) is 6.00. The maximum atomic E-state index is 5.53. The predicted octanol–water partition coefficient (Wildman–Crippen LogP) is 4.03. The van der Waals surface area contributed by atoms with E-state index < -0.39 is 0 Å². The van der Waals surface area contributed by atoms with Gasteiger partial charge in [-0.1, -0.05) is 54.4 Å². The van der Waals surface area contributed by atoms with E-state index in [4.69, 9.17) is 4.74 Å². The van der Waals surface area contributed by atoms with Gasteiger partial charge in [0, 0.05) is 0 Å². The molecule has 2 heteroatoms. The van der Waals surface area contributed by atoms with Gasteiger partial charge in [-0.05, 0) is 42.6 Å². The van der Waals surface area contributed by atoms with Crippen LogP contribution in [0.5, 0.6) is 0 Å². The van der Waals surface area contributed by atoms with Gasteiger partial charge in [-0.15, -0.1) is 0 Å². The highest BCUT2D eigenvalue weighted by Crippen LogP contribution is 2.28. The van der Waals surface area contributed by atoms with Crippen molar-refractivity contribution in [3.05, 3.63) is 69.8 Å². The van der Waals surface area contributed by atoms with E-state index in [1.165, 1.54) is 33.4 Å². The zero-order valence-electron chi connectivity index (χ0n) is 13.1. The average Bonchev–Trinajstić information content (AvgIpc) is 2.91. The van der Waals surface area contributed by atoms with Crippen molar-refractivity contribution < 1.29 is 4.74 Å². The van der Waals surface area contributed by atoms with Crippen LogP contribution in [0.25, 0.3) is 0 Å². The van der Waals surface area contributed by atoms with Crippen LogP contribution in [0.1, 0.15) is 46.3 Å². The molecule has 2 aromatic rings. The third-order valence-electron chi connectivity index (χ3n) is 4.06. The van der Waals surface area contributed by atoms with Gasteiger partial charge in [0.05, 0.1) is 19.3 Å². The summed E-state index contributed by atoms with van der Waals surface area (Å²) in [7, 11) is 0. The molecule has 1 unspecified atom stereocenters. The summed E-state index contributed by atoms with van der Waals surface area (Å²) in [4.78, 5) is 0. The SMILES string of the molecule is CCNC(c1cc(C)cc(C)c1)c1ccc2c(c1)COC2. The summed E-state index contributed by atoms with van der Waals surface area (Å²) < 4.78 is 5.53.